The van der Waals surface area contributed by atoms with Gasteiger partial charge in [0.25, 0.3) is 0 Å². The van der Waals surface area contributed by atoms with E-state index in [0.29, 0.717) is 0 Å². The molecule has 23 heavy (non-hydrogen) atoms. The predicted molar refractivity (Wildman–Crippen MR) is 96.1 cm³/mol. The fourth-order valence-corrected chi connectivity index (χ4v) is 3.47. The molecule has 0 aliphatic heterocycles. The summed E-state index contributed by atoms with van der Waals surface area (Å²) in [6.45, 7) is 0. The van der Waals surface area contributed by atoms with E-state index in [2.05, 4.69) is 82.3 Å². The smallest absolute Gasteiger partial charge is 0.0634 e. The van der Waals surface area contributed by atoms with E-state index in [4.69, 9.17) is 0 Å². The molecule has 2 nitrogen and oxygen atoms in total. The maximum absolute atomic E-state index is 4.35. The van der Waals surface area contributed by atoms with Crippen molar-refractivity contribution in [1.29, 1.82) is 0 Å². The molecule has 0 saturated heterocycles. The van der Waals surface area contributed by atoms with Gasteiger partial charge in [-0.3, -0.25) is 4.98 Å². The Labute approximate surface area is 133 Å². The number of benzene rings is 3. The zero-order valence-electron chi connectivity index (χ0n) is 12.5. The van der Waals surface area contributed by atoms with Crippen molar-refractivity contribution in [3.8, 4) is 5.69 Å². The molecule has 0 aliphatic carbocycles. The van der Waals surface area contributed by atoms with E-state index in [9.17, 15) is 0 Å². The predicted octanol–water partition coefficient (Wildman–Crippen LogP) is 5.33. The van der Waals surface area contributed by atoms with Crippen LogP contribution in [0, 0.1) is 0 Å². The number of fused-ring (bicyclic) bond motifs is 5. The Balaban J connectivity index is 2.10. The fraction of sp³-hybridized carbons (Fsp3) is 0. The minimum Gasteiger partial charge on any atom is -0.309 e. The van der Waals surface area contributed by atoms with Crippen molar-refractivity contribution in [1.82, 2.24) is 9.55 Å². The summed E-state index contributed by atoms with van der Waals surface area (Å²) in [5, 5.41) is 4.94. The van der Waals surface area contributed by atoms with E-state index in [0.717, 1.165) is 0 Å². The Morgan fingerprint density at radius 2 is 1.48 bits per heavy atom. The van der Waals surface area contributed by atoms with Crippen LogP contribution in [0.1, 0.15) is 0 Å². The number of para-hydroxylation sites is 2. The number of pyridine rings is 1. The second-order valence-corrected chi connectivity index (χ2v) is 5.75. The summed E-state index contributed by atoms with van der Waals surface area (Å²) in [5.41, 5.74) is 3.63. The molecule has 108 valence electrons. The van der Waals surface area contributed by atoms with Gasteiger partial charge in [-0.25, -0.2) is 0 Å². The van der Waals surface area contributed by atoms with E-state index >= 15 is 0 Å². The number of aromatic nitrogens is 2. The highest BCUT2D eigenvalue weighted by molar-refractivity contribution is 6.18. The van der Waals surface area contributed by atoms with Crippen LogP contribution >= 0.6 is 0 Å². The molecule has 0 atom stereocenters. The standard InChI is InChI=1S/C21H14N2/c1-2-6-16(7-3-1)23-20-9-5-4-8-17(20)18-11-10-15-12-13-22-14-19(15)21(18)23/h1-14H. The quantitative estimate of drug-likeness (QED) is 0.408. The van der Waals surface area contributed by atoms with Gasteiger partial charge in [-0.05, 0) is 29.7 Å². The number of rotatable bonds is 1. The molecule has 0 saturated carbocycles. The molecule has 2 heteroatoms. The number of hydrogen-bond acceptors (Lipinski definition) is 1. The zero-order valence-corrected chi connectivity index (χ0v) is 12.5. The van der Waals surface area contributed by atoms with Gasteiger partial charge < -0.3 is 4.57 Å². The first-order valence-electron chi connectivity index (χ1n) is 7.75. The van der Waals surface area contributed by atoms with Crippen LogP contribution in [0.15, 0.2) is 85.2 Å². The van der Waals surface area contributed by atoms with E-state index in [1.54, 1.807) is 0 Å². The molecule has 0 spiro atoms. The Morgan fingerprint density at radius 3 is 2.39 bits per heavy atom. The van der Waals surface area contributed by atoms with Crippen molar-refractivity contribution in [2.45, 2.75) is 0 Å². The highest BCUT2D eigenvalue weighted by Gasteiger charge is 2.14. The van der Waals surface area contributed by atoms with Crippen molar-refractivity contribution in [3.05, 3.63) is 85.2 Å². The summed E-state index contributed by atoms with van der Waals surface area (Å²) in [6.07, 6.45) is 3.82. The molecule has 0 bridgehead atoms. The number of nitrogens with zero attached hydrogens (tertiary/aromatic N) is 2. The second-order valence-electron chi connectivity index (χ2n) is 5.75. The molecule has 3 aromatic carbocycles. The first kappa shape index (κ1) is 12.4. The average Bonchev–Trinajstić information content (AvgIpc) is 2.97. The lowest BCUT2D eigenvalue weighted by atomic mass is 10.1. The van der Waals surface area contributed by atoms with Gasteiger partial charge in [0.2, 0.25) is 0 Å². The van der Waals surface area contributed by atoms with Gasteiger partial charge in [0.1, 0.15) is 0 Å². The third-order valence-electron chi connectivity index (χ3n) is 4.47. The van der Waals surface area contributed by atoms with Gasteiger partial charge in [-0.2, -0.15) is 0 Å². The van der Waals surface area contributed by atoms with Crippen molar-refractivity contribution >= 4 is 32.6 Å². The van der Waals surface area contributed by atoms with E-state index in [1.165, 1.54) is 38.3 Å². The normalized spacial score (nSPS) is 11.5. The fourth-order valence-electron chi connectivity index (χ4n) is 3.47. The molecule has 0 unspecified atom stereocenters. The van der Waals surface area contributed by atoms with Crippen LogP contribution < -0.4 is 0 Å². The maximum Gasteiger partial charge on any atom is 0.0634 e. The second kappa shape index (κ2) is 4.68. The molecule has 5 rings (SSSR count). The van der Waals surface area contributed by atoms with Crippen molar-refractivity contribution in [2.75, 3.05) is 0 Å². The summed E-state index contributed by atoms with van der Waals surface area (Å²) in [5.74, 6) is 0. The first-order valence-corrected chi connectivity index (χ1v) is 7.75. The molecule has 0 N–H and O–H groups in total. The minimum atomic E-state index is 1.18. The Bertz CT molecular complexity index is 1150. The van der Waals surface area contributed by atoms with Gasteiger partial charge in [-0.1, -0.05) is 48.5 Å². The SMILES string of the molecule is c1ccc(-n2c3ccccc3c3ccc4ccncc4c32)cc1. The van der Waals surface area contributed by atoms with E-state index in [1.807, 2.05) is 12.4 Å². The molecule has 2 heterocycles. The molecule has 0 aliphatic rings. The summed E-state index contributed by atoms with van der Waals surface area (Å²) in [7, 11) is 0. The van der Waals surface area contributed by atoms with Crippen molar-refractivity contribution in [2.24, 2.45) is 0 Å². The molecule has 2 aromatic heterocycles. The van der Waals surface area contributed by atoms with Gasteiger partial charge in [-0.15, -0.1) is 0 Å². The molecule has 5 aromatic rings. The van der Waals surface area contributed by atoms with Crippen molar-refractivity contribution in [3.63, 3.8) is 0 Å². The summed E-state index contributed by atoms with van der Waals surface area (Å²) < 4.78 is 2.34. The van der Waals surface area contributed by atoms with Crippen LogP contribution in [0.3, 0.4) is 0 Å². The largest absolute Gasteiger partial charge is 0.309 e. The lowest BCUT2D eigenvalue weighted by Crippen LogP contribution is -1.93. The van der Waals surface area contributed by atoms with Crippen LogP contribution in [0.25, 0.3) is 38.3 Å². The maximum atomic E-state index is 4.35. The Kier molecular flexibility index (Phi) is 2.53. The van der Waals surface area contributed by atoms with Crippen molar-refractivity contribution < 1.29 is 0 Å². The molecular weight excluding hydrogens is 280 g/mol. The Morgan fingerprint density at radius 1 is 0.652 bits per heavy atom. The van der Waals surface area contributed by atoms with Crippen LogP contribution in [0.4, 0.5) is 0 Å². The summed E-state index contributed by atoms with van der Waals surface area (Å²) in [6, 6.07) is 25.6. The first-order chi connectivity index (χ1) is 11.4. The van der Waals surface area contributed by atoms with E-state index in [-0.39, 0.29) is 0 Å². The average molecular weight is 294 g/mol. The van der Waals surface area contributed by atoms with Crippen LogP contribution in [-0.4, -0.2) is 9.55 Å². The molecule has 0 amide bonds. The lowest BCUT2D eigenvalue weighted by molar-refractivity contribution is 1.18. The lowest BCUT2D eigenvalue weighted by Gasteiger charge is -2.09. The monoisotopic (exact) mass is 294 g/mol. The van der Waals surface area contributed by atoms with E-state index < -0.39 is 0 Å². The molecule has 0 fully saturated rings. The highest BCUT2D eigenvalue weighted by atomic mass is 15.0. The van der Waals surface area contributed by atoms with Gasteiger partial charge in [0, 0.05) is 34.2 Å². The number of hydrogen-bond donors (Lipinski definition) is 0. The Hall–Kier alpha value is -3.13. The van der Waals surface area contributed by atoms with Crippen LogP contribution in [-0.2, 0) is 0 Å². The summed E-state index contributed by atoms with van der Waals surface area (Å²) in [4.78, 5) is 4.35. The molecular formula is C21H14N2. The topological polar surface area (TPSA) is 17.8 Å². The van der Waals surface area contributed by atoms with Gasteiger partial charge >= 0.3 is 0 Å². The minimum absolute atomic E-state index is 1.18. The van der Waals surface area contributed by atoms with Gasteiger partial charge in [0.15, 0.2) is 0 Å². The van der Waals surface area contributed by atoms with Crippen LogP contribution in [0.5, 0.6) is 0 Å². The highest BCUT2D eigenvalue weighted by Crippen LogP contribution is 2.35. The van der Waals surface area contributed by atoms with Crippen LogP contribution in [0.2, 0.25) is 0 Å². The third-order valence-corrected chi connectivity index (χ3v) is 4.47. The molecule has 0 radical (unpaired) electrons. The third kappa shape index (κ3) is 1.72. The zero-order chi connectivity index (χ0) is 15.2. The van der Waals surface area contributed by atoms with Gasteiger partial charge in [0.05, 0.1) is 11.0 Å². The summed E-state index contributed by atoms with van der Waals surface area (Å²) >= 11 is 0.